The van der Waals surface area contributed by atoms with Crippen molar-refractivity contribution in [1.82, 2.24) is 9.80 Å². The molecule has 1 aliphatic rings. The first-order valence-electron chi connectivity index (χ1n) is 10.6. The van der Waals surface area contributed by atoms with Gasteiger partial charge in [-0.2, -0.15) is 0 Å². The van der Waals surface area contributed by atoms with Gasteiger partial charge in [-0.25, -0.2) is 4.39 Å². The third-order valence-electron chi connectivity index (χ3n) is 5.47. The summed E-state index contributed by atoms with van der Waals surface area (Å²) in [6.07, 6.45) is 1.45. The first kappa shape index (κ1) is 27.5. The maximum Gasteiger partial charge on any atom is 0.162 e. The fourth-order valence-electron chi connectivity index (χ4n) is 3.80. The lowest BCUT2D eigenvalue weighted by molar-refractivity contribution is 0.0182. The molecule has 7 heteroatoms. The van der Waals surface area contributed by atoms with Crippen molar-refractivity contribution < 1.29 is 13.9 Å². The Morgan fingerprint density at radius 3 is 2.19 bits per heavy atom. The summed E-state index contributed by atoms with van der Waals surface area (Å²) in [6, 6.07) is 16.2. The van der Waals surface area contributed by atoms with Crippen molar-refractivity contribution in [2.24, 2.45) is 0 Å². The summed E-state index contributed by atoms with van der Waals surface area (Å²) >= 11 is 0. The Labute approximate surface area is 197 Å². The van der Waals surface area contributed by atoms with E-state index in [4.69, 9.17) is 4.74 Å². The standard InChI is InChI=1S/C24H31FN2O2.2ClH/c1-2-29-24(21-7-4-3-5-8-21)19-27-17-15-26(16-18-27)14-6-9-23(28)20-10-12-22(25)13-11-20;;/h3-5,7-8,10-13,24H,2,6,9,14-19H2,1H3;2*1H. The Balaban J connectivity index is 0.00000240. The number of ketones is 1. The molecule has 0 spiro atoms. The molecular formula is C24H33Cl2FN2O2. The second-order valence-electron chi connectivity index (χ2n) is 7.53. The molecule has 4 nitrogen and oxygen atoms in total. The van der Waals surface area contributed by atoms with Gasteiger partial charge in [0, 0.05) is 51.3 Å². The molecule has 1 heterocycles. The van der Waals surface area contributed by atoms with Crippen molar-refractivity contribution in [3.63, 3.8) is 0 Å². The van der Waals surface area contributed by atoms with Crippen molar-refractivity contribution in [3.05, 3.63) is 71.5 Å². The molecule has 1 unspecified atom stereocenters. The van der Waals surface area contributed by atoms with Gasteiger partial charge in [0.15, 0.2) is 5.78 Å². The summed E-state index contributed by atoms with van der Waals surface area (Å²) < 4.78 is 18.9. The van der Waals surface area contributed by atoms with E-state index in [0.29, 0.717) is 18.6 Å². The van der Waals surface area contributed by atoms with E-state index in [9.17, 15) is 9.18 Å². The lowest BCUT2D eigenvalue weighted by atomic mass is 10.1. The van der Waals surface area contributed by atoms with E-state index in [-0.39, 0.29) is 42.5 Å². The molecule has 2 aromatic carbocycles. The molecule has 0 aliphatic carbocycles. The number of rotatable bonds is 10. The molecule has 3 rings (SSSR count). The number of hydrogen-bond acceptors (Lipinski definition) is 4. The highest BCUT2D eigenvalue weighted by molar-refractivity contribution is 5.95. The maximum absolute atomic E-state index is 13.0. The molecule has 0 bridgehead atoms. The summed E-state index contributed by atoms with van der Waals surface area (Å²) in [5.41, 5.74) is 1.83. The van der Waals surface area contributed by atoms with Gasteiger partial charge in [0.1, 0.15) is 5.82 Å². The zero-order chi connectivity index (χ0) is 20.5. The van der Waals surface area contributed by atoms with Crippen LogP contribution in [0.25, 0.3) is 0 Å². The number of benzene rings is 2. The summed E-state index contributed by atoms with van der Waals surface area (Å²) in [5.74, 6) is -0.218. The Bertz CT molecular complexity index is 754. The van der Waals surface area contributed by atoms with Gasteiger partial charge in [-0.1, -0.05) is 30.3 Å². The largest absolute Gasteiger partial charge is 0.372 e. The fourth-order valence-corrected chi connectivity index (χ4v) is 3.80. The SMILES string of the molecule is CCOC(CN1CCN(CCCC(=O)c2ccc(F)cc2)CC1)c1ccccc1.Cl.Cl. The van der Waals surface area contributed by atoms with E-state index < -0.39 is 0 Å². The van der Waals surface area contributed by atoms with Gasteiger partial charge in [-0.05, 0) is 49.7 Å². The van der Waals surface area contributed by atoms with Crippen LogP contribution in [0.15, 0.2) is 54.6 Å². The van der Waals surface area contributed by atoms with Gasteiger partial charge in [-0.15, -0.1) is 24.8 Å². The van der Waals surface area contributed by atoms with Crippen molar-refractivity contribution >= 4 is 30.6 Å². The van der Waals surface area contributed by atoms with Crippen LogP contribution in [0.5, 0.6) is 0 Å². The summed E-state index contributed by atoms with van der Waals surface area (Å²) in [5, 5.41) is 0. The van der Waals surface area contributed by atoms with E-state index in [1.807, 2.05) is 13.0 Å². The maximum atomic E-state index is 13.0. The van der Waals surface area contributed by atoms with Crippen molar-refractivity contribution in [3.8, 4) is 0 Å². The number of piperazine rings is 1. The summed E-state index contributed by atoms with van der Waals surface area (Å²) in [6.45, 7) is 8.65. The second kappa shape index (κ2) is 14.5. The van der Waals surface area contributed by atoms with Crippen LogP contribution < -0.4 is 0 Å². The van der Waals surface area contributed by atoms with Gasteiger partial charge >= 0.3 is 0 Å². The predicted octanol–water partition coefficient (Wildman–Crippen LogP) is 5.03. The van der Waals surface area contributed by atoms with Crippen LogP contribution in [0.4, 0.5) is 4.39 Å². The van der Waals surface area contributed by atoms with Gasteiger partial charge in [0.05, 0.1) is 6.10 Å². The zero-order valence-electron chi connectivity index (χ0n) is 18.0. The number of Topliss-reactive ketones (excluding diaryl/α,β-unsaturated/α-hetero) is 1. The second-order valence-corrected chi connectivity index (χ2v) is 7.53. The number of halogens is 3. The van der Waals surface area contributed by atoms with Crippen LogP contribution in [0, 0.1) is 5.82 Å². The Hall–Kier alpha value is -1.50. The van der Waals surface area contributed by atoms with Gasteiger partial charge in [0.25, 0.3) is 0 Å². The Kier molecular flexibility index (Phi) is 12.9. The zero-order valence-corrected chi connectivity index (χ0v) is 19.7. The Morgan fingerprint density at radius 1 is 0.968 bits per heavy atom. The lowest BCUT2D eigenvalue weighted by Crippen LogP contribution is -2.47. The molecule has 2 aromatic rings. The molecule has 1 atom stereocenters. The fraction of sp³-hybridized carbons (Fsp3) is 0.458. The first-order chi connectivity index (χ1) is 14.2. The molecule has 0 radical (unpaired) electrons. The van der Waals surface area contributed by atoms with Crippen LogP contribution in [0.2, 0.25) is 0 Å². The van der Waals surface area contributed by atoms with Crippen LogP contribution in [0.3, 0.4) is 0 Å². The molecule has 0 amide bonds. The third kappa shape index (κ3) is 8.87. The lowest BCUT2D eigenvalue weighted by Gasteiger charge is -2.36. The van der Waals surface area contributed by atoms with Crippen LogP contribution in [-0.2, 0) is 4.74 Å². The first-order valence-corrected chi connectivity index (χ1v) is 10.6. The third-order valence-corrected chi connectivity index (χ3v) is 5.47. The average Bonchev–Trinajstić information content (AvgIpc) is 2.75. The van der Waals surface area contributed by atoms with Gasteiger partial charge in [-0.3, -0.25) is 9.69 Å². The minimum atomic E-state index is -0.307. The molecule has 172 valence electrons. The quantitative estimate of drug-likeness (QED) is 0.456. The van der Waals surface area contributed by atoms with Crippen molar-refractivity contribution in [1.29, 1.82) is 0 Å². The number of carbonyl (C=O) groups excluding carboxylic acids is 1. The number of carbonyl (C=O) groups is 1. The number of hydrogen-bond donors (Lipinski definition) is 0. The molecular weight excluding hydrogens is 438 g/mol. The topological polar surface area (TPSA) is 32.8 Å². The smallest absolute Gasteiger partial charge is 0.162 e. The van der Waals surface area contributed by atoms with E-state index in [1.54, 1.807) is 12.1 Å². The van der Waals surface area contributed by atoms with Crippen molar-refractivity contribution in [2.45, 2.75) is 25.9 Å². The average molecular weight is 471 g/mol. The van der Waals surface area contributed by atoms with Gasteiger partial charge in [0.2, 0.25) is 0 Å². The highest BCUT2D eigenvalue weighted by Crippen LogP contribution is 2.19. The minimum Gasteiger partial charge on any atom is -0.372 e. The number of nitrogens with zero attached hydrogens (tertiary/aromatic N) is 2. The van der Waals surface area contributed by atoms with Crippen LogP contribution in [-0.4, -0.2) is 61.5 Å². The molecule has 1 aliphatic heterocycles. The van der Waals surface area contributed by atoms with Gasteiger partial charge < -0.3 is 9.64 Å². The van der Waals surface area contributed by atoms with Crippen molar-refractivity contribution in [2.75, 3.05) is 45.9 Å². The van der Waals surface area contributed by atoms with E-state index in [1.165, 1.54) is 17.7 Å². The normalized spacial score (nSPS) is 15.5. The number of ether oxygens (including phenoxy) is 1. The monoisotopic (exact) mass is 470 g/mol. The molecule has 0 aromatic heterocycles. The predicted molar refractivity (Wildman–Crippen MR) is 128 cm³/mol. The van der Waals surface area contributed by atoms with Crippen LogP contribution >= 0.6 is 24.8 Å². The molecule has 1 saturated heterocycles. The highest BCUT2D eigenvalue weighted by Gasteiger charge is 2.21. The molecule has 1 fully saturated rings. The van der Waals surface area contributed by atoms with E-state index in [0.717, 1.165) is 45.7 Å². The molecule has 0 saturated carbocycles. The summed E-state index contributed by atoms with van der Waals surface area (Å²) in [7, 11) is 0. The molecule has 0 N–H and O–H groups in total. The highest BCUT2D eigenvalue weighted by atomic mass is 35.5. The summed E-state index contributed by atoms with van der Waals surface area (Å²) in [4.78, 5) is 17.1. The van der Waals surface area contributed by atoms with E-state index >= 15 is 0 Å². The minimum absolute atomic E-state index is 0. The van der Waals surface area contributed by atoms with Crippen LogP contribution in [0.1, 0.15) is 41.8 Å². The Morgan fingerprint density at radius 2 is 1.58 bits per heavy atom. The van der Waals surface area contributed by atoms with E-state index in [2.05, 4.69) is 34.1 Å². The molecule has 31 heavy (non-hydrogen) atoms.